The minimum atomic E-state index is 0.00914. The molecule has 1 unspecified atom stereocenters. The normalized spacial score (nSPS) is 20.7. The SMILES string of the molecule is CC=C(C=CCC)C(=CC=O)OC1CC=C(C)C=C1C. The molecule has 0 N–H and O–H groups in total. The Morgan fingerprint density at radius 3 is 2.75 bits per heavy atom. The summed E-state index contributed by atoms with van der Waals surface area (Å²) in [7, 11) is 0. The van der Waals surface area contributed by atoms with Crippen molar-refractivity contribution in [3.8, 4) is 0 Å². The first kappa shape index (κ1) is 16.2. The average molecular weight is 272 g/mol. The molecule has 2 nitrogen and oxygen atoms in total. The number of carbonyl (C=O) groups excluding carboxylic acids is 1. The Morgan fingerprint density at radius 1 is 1.45 bits per heavy atom. The molecular formula is C18H24O2. The van der Waals surface area contributed by atoms with E-state index in [9.17, 15) is 4.79 Å². The van der Waals surface area contributed by atoms with Crippen molar-refractivity contribution in [2.75, 3.05) is 0 Å². The fourth-order valence-electron chi connectivity index (χ4n) is 2.11. The minimum absolute atomic E-state index is 0.00914. The molecule has 0 saturated carbocycles. The van der Waals surface area contributed by atoms with Crippen molar-refractivity contribution >= 4 is 6.29 Å². The summed E-state index contributed by atoms with van der Waals surface area (Å²) < 4.78 is 6.04. The second-order valence-corrected chi connectivity index (χ2v) is 4.90. The van der Waals surface area contributed by atoms with Gasteiger partial charge in [-0.25, -0.2) is 0 Å². The summed E-state index contributed by atoms with van der Waals surface area (Å²) in [6.07, 6.45) is 14.4. The van der Waals surface area contributed by atoms with Crippen molar-refractivity contribution in [1.29, 1.82) is 0 Å². The fourth-order valence-corrected chi connectivity index (χ4v) is 2.11. The van der Waals surface area contributed by atoms with Gasteiger partial charge in [0.15, 0.2) is 0 Å². The van der Waals surface area contributed by atoms with E-state index < -0.39 is 0 Å². The predicted molar refractivity (Wildman–Crippen MR) is 84.3 cm³/mol. The quantitative estimate of drug-likeness (QED) is 0.304. The van der Waals surface area contributed by atoms with E-state index >= 15 is 0 Å². The average Bonchev–Trinajstić information content (AvgIpc) is 2.42. The Bertz CT molecular complexity index is 488. The molecule has 2 heteroatoms. The lowest BCUT2D eigenvalue weighted by Crippen LogP contribution is -2.16. The molecule has 1 atom stereocenters. The highest BCUT2D eigenvalue weighted by molar-refractivity contribution is 5.68. The van der Waals surface area contributed by atoms with Crippen LogP contribution in [0.25, 0.3) is 0 Å². The lowest BCUT2D eigenvalue weighted by atomic mass is 9.98. The van der Waals surface area contributed by atoms with Crippen molar-refractivity contribution in [3.05, 3.63) is 58.9 Å². The molecule has 0 aliphatic heterocycles. The van der Waals surface area contributed by atoms with E-state index in [0.29, 0.717) is 5.76 Å². The van der Waals surface area contributed by atoms with Gasteiger partial charge in [-0.15, -0.1) is 0 Å². The highest BCUT2D eigenvalue weighted by Gasteiger charge is 2.17. The van der Waals surface area contributed by atoms with E-state index in [4.69, 9.17) is 4.74 Å². The molecule has 0 aromatic heterocycles. The summed E-state index contributed by atoms with van der Waals surface area (Å²) in [5.41, 5.74) is 3.40. The van der Waals surface area contributed by atoms with E-state index in [1.165, 1.54) is 17.2 Å². The van der Waals surface area contributed by atoms with Crippen LogP contribution in [0.1, 0.15) is 40.5 Å². The highest BCUT2D eigenvalue weighted by Crippen LogP contribution is 2.25. The summed E-state index contributed by atoms with van der Waals surface area (Å²) in [6, 6.07) is 0. The van der Waals surface area contributed by atoms with Gasteiger partial charge in [0.05, 0.1) is 0 Å². The molecule has 0 saturated heterocycles. The molecule has 0 bridgehead atoms. The van der Waals surface area contributed by atoms with Crippen LogP contribution in [0.2, 0.25) is 0 Å². The Balaban J connectivity index is 2.89. The van der Waals surface area contributed by atoms with Gasteiger partial charge in [-0.3, -0.25) is 4.79 Å². The van der Waals surface area contributed by atoms with Crippen LogP contribution in [0.4, 0.5) is 0 Å². The minimum Gasteiger partial charge on any atom is -0.485 e. The third-order valence-electron chi connectivity index (χ3n) is 3.23. The molecule has 108 valence electrons. The smallest absolute Gasteiger partial charge is 0.146 e. The molecule has 0 heterocycles. The van der Waals surface area contributed by atoms with Crippen LogP contribution in [-0.2, 0) is 9.53 Å². The summed E-state index contributed by atoms with van der Waals surface area (Å²) in [5, 5.41) is 0. The monoisotopic (exact) mass is 272 g/mol. The highest BCUT2D eigenvalue weighted by atomic mass is 16.5. The zero-order valence-corrected chi connectivity index (χ0v) is 12.8. The van der Waals surface area contributed by atoms with Crippen LogP contribution in [0.5, 0.6) is 0 Å². The lowest BCUT2D eigenvalue weighted by Gasteiger charge is -2.24. The Hall–Kier alpha value is -1.83. The first-order valence-electron chi connectivity index (χ1n) is 7.12. The maximum atomic E-state index is 10.9. The standard InChI is InChI=1S/C18H24O2/c1-5-7-8-16(6-2)18(11-12-19)20-17-10-9-14(3)13-15(17)4/h6-9,11-13,17H,5,10H2,1-4H3. The van der Waals surface area contributed by atoms with Crippen LogP contribution in [0.3, 0.4) is 0 Å². The van der Waals surface area contributed by atoms with Gasteiger partial charge in [-0.1, -0.05) is 42.9 Å². The Kier molecular flexibility index (Phi) is 6.78. The molecule has 0 radical (unpaired) electrons. The van der Waals surface area contributed by atoms with Gasteiger partial charge in [0.1, 0.15) is 18.1 Å². The van der Waals surface area contributed by atoms with Gasteiger partial charge in [0.25, 0.3) is 0 Å². The Labute approximate surface area is 122 Å². The zero-order valence-electron chi connectivity index (χ0n) is 12.8. The molecule has 0 aromatic carbocycles. The number of hydrogen-bond acceptors (Lipinski definition) is 2. The zero-order chi connectivity index (χ0) is 15.0. The topological polar surface area (TPSA) is 26.3 Å². The van der Waals surface area contributed by atoms with Crippen molar-refractivity contribution in [2.45, 2.75) is 46.6 Å². The van der Waals surface area contributed by atoms with Crippen molar-refractivity contribution in [2.24, 2.45) is 0 Å². The summed E-state index contributed by atoms with van der Waals surface area (Å²) in [5.74, 6) is 0.637. The van der Waals surface area contributed by atoms with Crippen LogP contribution in [0, 0.1) is 0 Å². The van der Waals surface area contributed by atoms with E-state index in [0.717, 1.165) is 24.7 Å². The first-order valence-corrected chi connectivity index (χ1v) is 7.12. The van der Waals surface area contributed by atoms with Crippen LogP contribution < -0.4 is 0 Å². The third kappa shape index (κ3) is 4.69. The fraction of sp³-hybridized carbons (Fsp3) is 0.389. The molecule has 0 fully saturated rings. The van der Waals surface area contributed by atoms with E-state index in [-0.39, 0.29) is 6.10 Å². The van der Waals surface area contributed by atoms with E-state index in [2.05, 4.69) is 39.0 Å². The van der Waals surface area contributed by atoms with Gasteiger partial charge >= 0.3 is 0 Å². The van der Waals surface area contributed by atoms with Gasteiger partial charge in [0, 0.05) is 18.1 Å². The molecule has 0 aromatic rings. The number of allylic oxidation sites excluding steroid dienone is 6. The largest absolute Gasteiger partial charge is 0.485 e. The van der Waals surface area contributed by atoms with Gasteiger partial charge < -0.3 is 4.74 Å². The van der Waals surface area contributed by atoms with E-state index in [1.54, 1.807) is 0 Å². The van der Waals surface area contributed by atoms with Crippen LogP contribution >= 0.6 is 0 Å². The number of hydrogen-bond donors (Lipinski definition) is 0. The molecule has 0 spiro atoms. The molecule has 20 heavy (non-hydrogen) atoms. The molecule has 1 aliphatic carbocycles. The molecule has 1 rings (SSSR count). The van der Waals surface area contributed by atoms with E-state index in [1.807, 2.05) is 19.1 Å². The number of carbonyl (C=O) groups is 1. The van der Waals surface area contributed by atoms with Crippen molar-refractivity contribution < 1.29 is 9.53 Å². The maximum absolute atomic E-state index is 10.9. The van der Waals surface area contributed by atoms with Crippen LogP contribution in [-0.4, -0.2) is 12.4 Å². The van der Waals surface area contributed by atoms with Crippen LogP contribution in [0.15, 0.2) is 58.9 Å². The second kappa shape index (κ2) is 8.36. The molecule has 0 amide bonds. The van der Waals surface area contributed by atoms with Gasteiger partial charge in [-0.05, 0) is 32.8 Å². The molecular weight excluding hydrogens is 248 g/mol. The first-order chi connectivity index (χ1) is 9.62. The van der Waals surface area contributed by atoms with Crippen molar-refractivity contribution in [3.63, 3.8) is 0 Å². The number of ether oxygens (including phenoxy) is 1. The Morgan fingerprint density at radius 2 is 2.20 bits per heavy atom. The van der Waals surface area contributed by atoms with Gasteiger partial charge in [-0.2, -0.15) is 0 Å². The van der Waals surface area contributed by atoms with Gasteiger partial charge in [0.2, 0.25) is 0 Å². The maximum Gasteiger partial charge on any atom is 0.146 e. The summed E-state index contributed by atoms with van der Waals surface area (Å²) in [6.45, 7) is 8.18. The number of aldehydes is 1. The second-order valence-electron chi connectivity index (χ2n) is 4.90. The lowest BCUT2D eigenvalue weighted by molar-refractivity contribution is -0.104. The third-order valence-corrected chi connectivity index (χ3v) is 3.23. The molecule has 1 aliphatic rings. The predicted octanol–water partition coefficient (Wildman–Crippen LogP) is 4.66. The summed E-state index contributed by atoms with van der Waals surface area (Å²) >= 11 is 0. The summed E-state index contributed by atoms with van der Waals surface area (Å²) in [4.78, 5) is 10.9. The number of rotatable bonds is 6. The van der Waals surface area contributed by atoms with Crippen molar-refractivity contribution in [1.82, 2.24) is 0 Å².